The van der Waals surface area contributed by atoms with Crippen LogP contribution in [0.5, 0.6) is 0 Å². The van der Waals surface area contributed by atoms with Gasteiger partial charge in [0.15, 0.2) is 0 Å². The highest BCUT2D eigenvalue weighted by Gasteiger charge is 2.25. The van der Waals surface area contributed by atoms with Crippen molar-refractivity contribution in [2.24, 2.45) is 11.3 Å². The van der Waals surface area contributed by atoms with Crippen LogP contribution in [0.1, 0.15) is 54.4 Å². The third kappa shape index (κ3) is 4.56. The van der Waals surface area contributed by atoms with Crippen LogP contribution in [0.25, 0.3) is 0 Å². The number of allylic oxidation sites excluding steroid dienone is 1. The molecule has 0 rings (SSSR count). The number of hydrogen-bond acceptors (Lipinski definition) is 3. The fourth-order valence-electron chi connectivity index (χ4n) is 1.13. The van der Waals surface area contributed by atoms with Gasteiger partial charge in [-0.05, 0) is 26.7 Å². The summed E-state index contributed by atoms with van der Waals surface area (Å²) >= 11 is 0. The molecule has 90 valence electrons. The van der Waals surface area contributed by atoms with Crippen molar-refractivity contribution >= 4 is 0 Å². The Hall–Kier alpha value is -0.700. The van der Waals surface area contributed by atoms with Gasteiger partial charge in [0.05, 0.1) is 0 Å². The molecule has 0 aliphatic rings. The fraction of sp³-hybridized carbons (Fsp3) is 0.833. The van der Waals surface area contributed by atoms with E-state index in [0.29, 0.717) is 0 Å². The van der Waals surface area contributed by atoms with Gasteiger partial charge in [0.1, 0.15) is 0 Å². The van der Waals surface area contributed by atoms with Crippen LogP contribution in [0.3, 0.4) is 0 Å². The lowest BCUT2D eigenvalue weighted by Gasteiger charge is -2.35. The molecule has 0 aliphatic heterocycles. The van der Waals surface area contributed by atoms with Crippen LogP contribution in [-0.4, -0.2) is 5.54 Å². The zero-order valence-corrected chi connectivity index (χ0v) is 11.1. The minimum atomic E-state index is 0.106. The Labute approximate surface area is 94.5 Å². The molecule has 0 unspecified atom stereocenters. The van der Waals surface area contributed by atoms with Gasteiger partial charge < -0.3 is 10.7 Å². The largest absolute Gasteiger partial charge is 0.382 e. The number of hydrazine groups is 1. The summed E-state index contributed by atoms with van der Waals surface area (Å²) in [6.45, 7) is 13.2. The molecule has 0 bridgehead atoms. The first-order valence-electron chi connectivity index (χ1n) is 5.74. The van der Waals surface area contributed by atoms with Crippen LogP contribution < -0.4 is 16.6 Å². The Balaban J connectivity index is 4.79. The van der Waals surface area contributed by atoms with Crippen LogP contribution in [0.15, 0.2) is 11.9 Å². The monoisotopic (exact) mass is 213 g/mol. The maximum absolute atomic E-state index is 5.37. The summed E-state index contributed by atoms with van der Waals surface area (Å²) in [4.78, 5) is 0. The predicted octanol–water partition coefficient (Wildman–Crippen LogP) is 2.51. The molecule has 0 atom stereocenters. The average molecular weight is 213 g/mol. The van der Waals surface area contributed by atoms with Gasteiger partial charge in [0.2, 0.25) is 0 Å². The summed E-state index contributed by atoms with van der Waals surface area (Å²) in [6.07, 6.45) is 4.02. The lowest BCUT2D eigenvalue weighted by molar-refractivity contribution is 0.326. The highest BCUT2D eigenvalue weighted by Crippen LogP contribution is 2.29. The lowest BCUT2D eigenvalue weighted by Crippen LogP contribution is -2.43. The molecule has 0 saturated heterocycles. The number of nitrogens with two attached hydrogens (primary N) is 1. The van der Waals surface area contributed by atoms with Crippen molar-refractivity contribution in [3.8, 4) is 0 Å². The SMILES string of the molecule is CCC(C)(C)N/C(=C\NN)C(C)(C)CC. The molecular weight excluding hydrogens is 186 g/mol. The summed E-state index contributed by atoms with van der Waals surface area (Å²) in [7, 11) is 0. The second-order valence-electron chi connectivity index (χ2n) is 5.32. The van der Waals surface area contributed by atoms with E-state index in [2.05, 4.69) is 52.3 Å². The molecule has 15 heavy (non-hydrogen) atoms. The van der Waals surface area contributed by atoms with Gasteiger partial charge in [-0.2, -0.15) is 0 Å². The average Bonchev–Trinajstić information content (AvgIpc) is 2.17. The number of rotatable bonds is 6. The molecule has 3 heteroatoms. The van der Waals surface area contributed by atoms with E-state index >= 15 is 0 Å². The third-order valence-corrected chi connectivity index (χ3v) is 3.20. The van der Waals surface area contributed by atoms with Crippen LogP contribution in [0, 0.1) is 5.41 Å². The molecule has 0 saturated carbocycles. The lowest BCUT2D eigenvalue weighted by atomic mass is 9.85. The van der Waals surface area contributed by atoms with Crippen molar-refractivity contribution in [2.45, 2.75) is 59.9 Å². The molecule has 0 aromatic heterocycles. The topological polar surface area (TPSA) is 50.1 Å². The smallest absolute Gasteiger partial charge is 0.0342 e. The van der Waals surface area contributed by atoms with E-state index in [1.165, 1.54) is 5.70 Å². The first kappa shape index (κ1) is 14.3. The van der Waals surface area contributed by atoms with E-state index in [4.69, 9.17) is 5.84 Å². The Bertz CT molecular complexity index is 217. The number of nitrogens with one attached hydrogen (secondary N) is 2. The van der Waals surface area contributed by atoms with E-state index < -0.39 is 0 Å². The van der Waals surface area contributed by atoms with E-state index in [9.17, 15) is 0 Å². The quantitative estimate of drug-likeness (QED) is 0.469. The second-order valence-corrected chi connectivity index (χ2v) is 5.32. The molecule has 0 fully saturated rings. The first-order chi connectivity index (χ1) is 6.79. The maximum atomic E-state index is 5.37. The first-order valence-corrected chi connectivity index (χ1v) is 5.74. The highest BCUT2D eigenvalue weighted by molar-refractivity contribution is 5.11. The molecule has 0 spiro atoms. The maximum Gasteiger partial charge on any atom is 0.0342 e. The summed E-state index contributed by atoms with van der Waals surface area (Å²) in [5.74, 6) is 5.37. The fourth-order valence-corrected chi connectivity index (χ4v) is 1.13. The molecule has 0 amide bonds. The Morgan fingerprint density at radius 1 is 1.13 bits per heavy atom. The molecule has 3 nitrogen and oxygen atoms in total. The van der Waals surface area contributed by atoms with Gasteiger partial charge in [-0.1, -0.05) is 27.7 Å². The summed E-state index contributed by atoms with van der Waals surface area (Å²) in [6, 6.07) is 0. The van der Waals surface area contributed by atoms with Crippen LogP contribution in [0.4, 0.5) is 0 Å². The molecule has 0 heterocycles. The Kier molecular flexibility index (Phi) is 5.15. The van der Waals surface area contributed by atoms with E-state index in [1.54, 1.807) is 0 Å². The highest BCUT2D eigenvalue weighted by atomic mass is 15.2. The van der Waals surface area contributed by atoms with Crippen LogP contribution in [-0.2, 0) is 0 Å². The van der Waals surface area contributed by atoms with Crippen LogP contribution >= 0.6 is 0 Å². The van der Waals surface area contributed by atoms with Crippen LogP contribution in [0.2, 0.25) is 0 Å². The zero-order chi connectivity index (χ0) is 12.1. The normalized spacial score (nSPS) is 13.9. The van der Waals surface area contributed by atoms with Crippen molar-refractivity contribution in [2.75, 3.05) is 0 Å². The molecule has 4 N–H and O–H groups in total. The molecule has 0 aromatic rings. The zero-order valence-electron chi connectivity index (χ0n) is 11.1. The van der Waals surface area contributed by atoms with Crippen molar-refractivity contribution in [1.29, 1.82) is 0 Å². The van der Waals surface area contributed by atoms with Gasteiger partial charge in [-0.25, -0.2) is 0 Å². The molecule has 0 aromatic carbocycles. The third-order valence-electron chi connectivity index (χ3n) is 3.20. The molecule has 0 aliphatic carbocycles. The Morgan fingerprint density at radius 3 is 2.00 bits per heavy atom. The van der Waals surface area contributed by atoms with Gasteiger partial charge in [-0.15, -0.1) is 0 Å². The number of hydrogen-bond donors (Lipinski definition) is 3. The Morgan fingerprint density at radius 2 is 1.67 bits per heavy atom. The second kappa shape index (κ2) is 5.40. The molecule has 0 radical (unpaired) electrons. The minimum absolute atomic E-state index is 0.106. The van der Waals surface area contributed by atoms with Gasteiger partial charge in [0, 0.05) is 22.9 Å². The standard InChI is InChI=1S/C12H27N3/c1-7-11(3,4)10(9-14-13)15-12(5,6)8-2/h9,14-15H,7-8,13H2,1-6H3/b10-9-. The van der Waals surface area contributed by atoms with Crippen molar-refractivity contribution in [1.82, 2.24) is 10.7 Å². The van der Waals surface area contributed by atoms with Gasteiger partial charge in [-0.3, -0.25) is 5.84 Å². The van der Waals surface area contributed by atoms with Gasteiger partial charge >= 0.3 is 0 Å². The van der Waals surface area contributed by atoms with E-state index in [-0.39, 0.29) is 11.0 Å². The van der Waals surface area contributed by atoms with Crippen molar-refractivity contribution in [3.63, 3.8) is 0 Å². The predicted molar refractivity (Wildman–Crippen MR) is 67.0 cm³/mol. The summed E-state index contributed by atoms with van der Waals surface area (Å²) in [5, 5.41) is 3.55. The van der Waals surface area contributed by atoms with Crippen molar-refractivity contribution < 1.29 is 0 Å². The van der Waals surface area contributed by atoms with Gasteiger partial charge in [0.25, 0.3) is 0 Å². The molecular formula is C12H27N3. The minimum Gasteiger partial charge on any atom is -0.382 e. The summed E-state index contributed by atoms with van der Waals surface area (Å²) in [5.41, 5.74) is 4.03. The van der Waals surface area contributed by atoms with E-state index in [1.807, 2.05) is 6.20 Å². The van der Waals surface area contributed by atoms with E-state index in [0.717, 1.165) is 12.8 Å². The van der Waals surface area contributed by atoms with Crippen molar-refractivity contribution in [3.05, 3.63) is 11.9 Å². The summed E-state index contributed by atoms with van der Waals surface area (Å²) < 4.78 is 0.